The molecule has 1 atom stereocenters. The van der Waals surface area contributed by atoms with Gasteiger partial charge >= 0.3 is 0 Å². The number of carbonyl (C=O) groups is 2. The van der Waals surface area contributed by atoms with Gasteiger partial charge in [-0.1, -0.05) is 102 Å². The lowest BCUT2D eigenvalue weighted by Gasteiger charge is -2.34. The summed E-state index contributed by atoms with van der Waals surface area (Å²) >= 11 is 3.41. The first-order chi connectivity index (χ1) is 21.6. The Hall–Kier alpha value is -4.02. The molecule has 10 heteroatoms. The van der Waals surface area contributed by atoms with E-state index in [0.717, 1.165) is 28.3 Å². The average Bonchev–Trinajstić information content (AvgIpc) is 3.03. The van der Waals surface area contributed by atoms with Gasteiger partial charge in [0, 0.05) is 29.5 Å². The van der Waals surface area contributed by atoms with Gasteiger partial charge in [0.05, 0.1) is 10.6 Å². The number of anilines is 1. The maximum Gasteiger partial charge on any atom is 0.264 e. The summed E-state index contributed by atoms with van der Waals surface area (Å²) in [5.74, 6) is -1.58. The summed E-state index contributed by atoms with van der Waals surface area (Å²) in [5, 5.41) is 2.93. The highest BCUT2D eigenvalue weighted by Gasteiger charge is 2.35. The molecule has 1 N–H and O–H groups in total. The van der Waals surface area contributed by atoms with E-state index in [1.807, 2.05) is 44.2 Å². The minimum absolute atomic E-state index is 0.0136. The number of hydrogen-bond acceptors (Lipinski definition) is 4. The summed E-state index contributed by atoms with van der Waals surface area (Å²) in [6.07, 6.45) is 1.76. The monoisotopic (exact) mass is 693 g/mol. The lowest BCUT2D eigenvalue weighted by atomic mass is 10.0. The summed E-state index contributed by atoms with van der Waals surface area (Å²) in [4.78, 5) is 29.5. The number of benzene rings is 4. The van der Waals surface area contributed by atoms with Crippen LogP contribution in [0.15, 0.2) is 112 Å². The Morgan fingerprint density at radius 3 is 2.27 bits per heavy atom. The van der Waals surface area contributed by atoms with Crippen LogP contribution in [-0.4, -0.2) is 44.3 Å². The van der Waals surface area contributed by atoms with Crippen molar-refractivity contribution in [3.05, 3.63) is 130 Å². The van der Waals surface area contributed by atoms with Crippen LogP contribution < -0.4 is 9.62 Å². The fourth-order valence-electron chi connectivity index (χ4n) is 4.87. The van der Waals surface area contributed by atoms with Crippen LogP contribution in [0, 0.1) is 12.7 Å². The zero-order valence-corrected chi connectivity index (χ0v) is 27.7. The molecule has 0 heterocycles. The Bertz CT molecular complexity index is 1700. The normalized spacial score (nSPS) is 11.9. The molecule has 0 aromatic heterocycles. The van der Waals surface area contributed by atoms with Crippen LogP contribution >= 0.6 is 15.9 Å². The van der Waals surface area contributed by atoms with Gasteiger partial charge in [0.15, 0.2) is 0 Å². The van der Waals surface area contributed by atoms with Crippen LogP contribution in [-0.2, 0) is 32.6 Å². The molecule has 0 bridgehead atoms. The Balaban J connectivity index is 1.80. The molecule has 0 spiro atoms. The van der Waals surface area contributed by atoms with Gasteiger partial charge in [0.1, 0.15) is 18.4 Å². The smallest absolute Gasteiger partial charge is 0.264 e. The number of nitrogens with one attached hydrogen (secondary N) is 1. The van der Waals surface area contributed by atoms with Gasteiger partial charge in [-0.05, 0) is 55.3 Å². The van der Waals surface area contributed by atoms with Crippen molar-refractivity contribution < 1.29 is 22.4 Å². The Morgan fingerprint density at radius 2 is 1.60 bits per heavy atom. The quantitative estimate of drug-likeness (QED) is 0.150. The molecule has 0 radical (unpaired) electrons. The molecule has 0 aliphatic carbocycles. The molecule has 0 aliphatic heterocycles. The zero-order valence-electron chi connectivity index (χ0n) is 25.3. The van der Waals surface area contributed by atoms with Crippen LogP contribution in [0.4, 0.5) is 10.1 Å². The van der Waals surface area contributed by atoms with Crippen molar-refractivity contribution in [1.82, 2.24) is 10.2 Å². The SMILES string of the molecule is CCCCNC(=O)C(Cc1ccccc1)N(Cc1ccccc1F)C(=O)CN(c1cccc(Br)c1)S(=O)(=O)c1ccc(C)cc1. The van der Waals surface area contributed by atoms with E-state index in [-0.39, 0.29) is 29.1 Å². The van der Waals surface area contributed by atoms with Crippen LogP contribution in [0.2, 0.25) is 0 Å². The van der Waals surface area contributed by atoms with Crippen molar-refractivity contribution >= 4 is 43.5 Å². The van der Waals surface area contributed by atoms with Gasteiger partial charge < -0.3 is 10.2 Å². The molecule has 0 aliphatic rings. The summed E-state index contributed by atoms with van der Waals surface area (Å²) in [6.45, 7) is 3.42. The van der Waals surface area contributed by atoms with Crippen LogP contribution in [0.3, 0.4) is 0 Å². The topological polar surface area (TPSA) is 86.8 Å². The average molecular weight is 695 g/mol. The third kappa shape index (κ3) is 9.02. The minimum atomic E-state index is -4.23. The van der Waals surface area contributed by atoms with Crippen molar-refractivity contribution in [2.24, 2.45) is 0 Å². The third-order valence-electron chi connectivity index (χ3n) is 7.38. The first-order valence-corrected chi connectivity index (χ1v) is 17.0. The van der Waals surface area contributed by atoms with E-state index in [1.54, 1.807) is 54.6 Å². The van der Waals surface area contributed by atoms with Gasteiger partial charge in [-0.3, -0.25) is 13.9 Å². The number of nitrogens with zero attached hydrogens (tertiary/aromatic N) is 2. The molecule has 236 valence electrons. The van der Waals surface area contributed by atoms with Crippen molar-refractivity contribution in [3.8, 4) is 0 Å². The highest BCUT2D eigenvalue weighted by molar-refractivity contribution is 9.10. The Kier molecular flexibility index (Phi) is 11.9. The molecule has 4 aromatic carbocycles. The van der Waals surface area contributed by atoms with Gasteiger partial charge in [-0.25, -0.2) is 12.8 Å². The van der Waals surface area contributed by atoms with Crippen molar-refractivity contribution in [3.63, 3.8) is 0 Å². The summed E-state index contributed by atoms with van der Waals surface area (Å²) in [7, 11) is -4.23. The molecule has 1 unspecified atom stereocenters. The number of aryl methyl sites for hydroxylation is 1. The highest BCUT2D eigenvalue weighted by Crippen LogP contribution is 2.27. The number of carbonyl (C=O) groups excluding carboxylic acids is 2. The fraction of sp³-hybridized carbons (Fsp3) is 0.257. The van der Waals surface area contributed by atoms with E-state index in [4.69, 9.17) is 0 Å². The van der Waals surface area contributed by atoms with E-state index < -0.39 is 40.2 Å². The molecule has 4 aromatic rings. The van der Waals surface area contributed by atoms with Gasteiger partial charge in [-0.2, -0.15) is 0 Å². The molecular weight excluding hydrogens is 657 g/mol. The lowest BCUT2D eigenvalue weighted by Crippen LogP contribution is -2.53. The zero-order chi connectivity index (χ0) is 32.4. The van der Waals surface area contributed by atoms with Gasteiger partial charge in [0.25, 0.3) is 10.0 Å². The summed E-state index contributed by atoms with van der Waals surface area (Å²) < 4.78 is 44.9. The second kappa shape index (κ2) is 15.8. The summed E-state index contributed by atoms with van der Waals surface area (Å²) in [6, 6.07) is 27.3. The van der Waals surface area contributed by atoms with Crippen LogP contribution in [0.25, 0.3) is 0 Å². The minimum Gasteiger partial charge on any atom is -0.354 e. The number of hydrogen-bond donors (Lipinski definition) is 1. The molecule has 0 saturated carbocycles. The van der Waals surface area contributed by atoms with E-state index in [9.17, 15) is 18.0 Å². The molecule has 0 fully saturated rings. The molecule has 2 amide bonds. The van der Waals surface area contributed by atoms with Crippen LogP contribution in [0.1, 0.15) is 36.5 Å². The number of rotatable bonds is 14. The van der Waals surface area contributed by atoms with Crippen molar-refractivity contribution in [2.75, 3.05) is 17.4 Å². The van der Waals surface area contributed by atoms with Gasteiger partial charge in [-0.15, -0.1) is 0 Å². The van der Waals surface area contributed by atoms with Crippen LogP contribution in [0.5, 0.6) is 0 Å². The van der Waals surface area contributed by atoms with E-state index in [0.29, 0.717) is 11.0 Å². The van der Waals surface area contributed by atoms with E-state index in [2.05, 4.69) is 21.2 Å². The fourth-order valence-corrected chi connectivity index (χ4v) is 6.66. The van der Waals surface area contributed by atoms with E-state index in [1.165, 1.54) is 23.1 Å². The molecular formula is C35H37BrFN3O4S. The first kappa shape index (κ1) is 33.9. The number of sulfonamides is 1. The second-order valence-electron chi connectivity index (χ2n) is 10.8. The standard InChI is InChI=1S/C35H37BrFN3O4S/c1-3-4-21-38-35(42)33(22-27-11-6-5-7-12-27)39(24-28-13-8-9-16-32(28)37)34(41)25-40(30-15-10-14-29(36)23-30)45(43,44)31-19-17-26(2)18-20-31/h5-20,23,33H,3-4,21-22,24-25H2,1-2H3,(H,38,42). The third-order valence-corrected chi connectivity index (χ3v) is 9.66. The van der Waals surface area contributed by atoms with E-state index >= 15 is 4.39 Å². The largest absolute Gasteiger partial charge is 0.354 e. The maximum atomic E-state index is 15.0. The Morgan fingerprint density at radius 1 is 0.911 bits per heavy atom. The first-order valence-electron chi connectivity index (χ1n) is 14.8. The Labute approximate surface area is 273 Å². The number of halogens is 2. The van der Waals surface area contributed by atoms with Crippen molar-refractivity contribution in [1.29, 1.82) is 0 Å². The molecule has 0 saturated heterocycles. The number of amides is 2. The maximum absolute atomic E-state index is 15.0. The van der Waals surface area contributed by atoms with Gasteiger partial charge in [0.2, 0.25) is 11.8 Å². The predicted octanol–water partition coefficient (Wildman–Crippen LogP) is 6.65. The second-order valence-corrected chi connectivity index (χ2v) is 13.5. The molecule has 7 nitrogen and oxygen atoms in total. The highest BCUT2D eigenvalue weighted by atomic mass is 79.9. The predicted molar refractivity (Wildman–Crippen MR) is 179 cm³/mol. The molecule has 45 heavy (non-hydrogen) atoms. The number of unbranched alkanes of at least 4 members (excludes halogenated alkanes) is 1. The lowest BCUT2D eigenvalue weighted by molar-refractivity contribution is -0.140. The van der Waals surface area contributed by atoms with Crippen molar-refractivity contribution in [2.45, 2.75) is 50.6 Å². The summed E-state index contributed by atoms with van der Waals surface area (Å²) in [5.41, 5.74) is 2.15. The molecule has 4 rings (SSSR count).